The van der Waals surface area contributed by atoms with E-state index in [1.54, 1.807) is 13.4 Å². The highest BCUT2D eigenvalue weighted by molar-refractivity contribution is 6.04. The van der Waals surface area contributed by atoms with Gasteiger partial charge < -0.3 is 10.3 Å². The molecule has 4 rings (SSSR count). The maximum Gasteiger partial charge on any atom is 0.234 e. The monoisotopic (exact) mass is 545 g/mol. The van der Waals surface area contributed by atoms with Gasteiger partial charge in [-0.3, -0.25) is 14.7 Å². The van der Waals surface area contributed by atoms with Crippen molar-refractivity contribution in [2.45, 2.75) is 98.4 Å². The Balaban J connectivity index is 0.00000216. The van der Waals surface area contributed by atoms with Crippen molar-refractivity contribution in [3.63, 3.8) is 0 Å². The summed E-state index contributed by atoms with van der Waals surface area (Å²) in [6, 6.07) is 7.39. The fraction of sp³-hybridized carbons (Fsp3) is 0.559. The van der Waals surface area contributed by atoms with Gasteiger partial charge in [0.1, 0.15) is 6.34 Å². The summed E-state index contributed by atoms with van der Waals surface area (Å²) in [5.74, 6) is 1.11. The number of nitrogens with one attached hydrogen (secondary N) is 2. The van der Waals surface area contributed by atoms with Crippen LogP contribution in [0, 0.1) is 0 Å². The summed E-state index contributed by atoms with van der Waals surface area (Å²) >= 11 is 0. The Bertz CT molecular complexity index is 1250. The number of H-pyrrole nitrogens is 1. The van der Waals surface area contributed by atoms with Gasteiger partial charge in [0.15, 0.2) is 0 Å². The summed E-state index contributed by atoms with van der Waals surface area (Å²) in [5, 5.41) is 4.50. The van der Waals surface area contributed by atoms with Crippen LogP contribution in [-0.4, -0.2) is 60.6 Å². The van der Waals surface area contributed by atoms with Crippen LogP contribution >= 0.6 is 0 Å². The highest BCUT2D eigenvalue weighted by Crippen LogP contribution is 2.37. The van der Waals surface area contributed by atoms with E-state index < -0.39 is 0 Å². The summed E-state index contributed by atoms with van der Waals surface area (Å²) in [5.41, 5.74) is 8.43. The zero-order valence-corrected chi connectivity index (χ0v) is 26.1. The lowest BCUT2D eigenvalue weighted by Gasteiger charge is -2.33. The van der Waals surface area contributed by atoms with E-state index in [9.17, 15) is 4.79 Å². The number of likely N-dealkylation sites (tertiary alicyclic amines) is 1. The number of allylic oxidation sites excluding steroid dienone is 4. The first-order chi connectivity index (χ1) is 19.3. The van der Waals surface area contributed by atoms with Crippen LogP contribution in [0.2, 0.25) is 0 Å². The first kappa shape index (κ1) is 31.5. The van der Waals surface area contributed by atoms with Gasteiger partial charge in [-0.2, -0.15) is 0 Å². The molecule has 0 spiro atoms. The Kier molecular flexibility index (Phi) is 11.9. The number of rotatable bonds is 9. The molecule has 1 aromatic heterocycles. The number of carbonyl (C=O) groups is 1. The average molecular weight is 546 g/mol. The Labute approximate surface area is 242 Å². The van der Waals surface area contributed by atoms with Crippen molar-refractivity contribution in [2.24, 2.45) is 9.98 Å². The second-order valence-corrected chi connectivity index (χ2v) is 11.3. The molecule has 6 heteroatoms. The van der Waals surface area contributed by atoms with E-state index in [0.717, 1.165) is 50.1 Å². The zero-order chi connectivity index (χ0) is 29.2. The Morgan fingerprint density at radius 1 is 1.15 bits per heavy atom. The molecule has 2 aliphatic rings. The molecule has 2 heterocycles. The van der Waals surface area contributed by atoms with Crippen LogP contribution in [0.25, 0.3) is 16.5 Å². The predicted molar refractivity (Wildman–Crippen MR) is 173 cm³/mol. The summed E-state index contributed by atoms with van der Waals surface area (Å²) in [6.07, 6.45) is 11.7. The molecule has 1 amide bonds. The summed E-state index contributed by atoms with van der Waals surface area (Å²) < 4.78 is 0. The molecule has 0 atom stereocenters. The molecule has 1 aliphatic carbocycles. The molecule has 6 nitrogen and oxygen atoms in total. The molecule has 0 radical (unpaired) electrons. The van der Waals surface area contributed by atoms with E-state index in [4.69, 9.17) is 0 Å². The van der Waals surface area contributed by atoms with Gasteiger partial charge in [-0.15, -0.1) is 0 Å². The second-order valence-electron chi connectivity index (χ2n) is 11.3. The van der Waals surface area contributed by atoms with E-state index in [1.165, 1.54) is 39.7 Å². The number of benzene rings is 1. The van der Waals surface area contributed by atoms with Crippen LogP contribution in [0.5, 0.6) is 0 Å². The second kappa shape index (κ2) is 15.1. The molecule has 40 heavy (non-hydrogen) atoms. The molecule has 0 bridgehead atoms. The normalized spacial score (nSPS) is 18.3. The van der Waals surface area contributed by atoms with Gasteiger partial charge in [0, 0.05) is 35.4 Å². The number of aromatic amines is 1. The van der Waals surface area contributed by atoms with Gasteiger partial charge >= 0.3 is 0 Å². The molecule has 0 unspecified atom stereocenters. The van der Waals surface area contributed by atoms with Crippen molar-refractivity contribution in [1.29, 1.82) is 0 Å². The topological polar surface area (TPSA) is 72.8 Å². The van der Waals surface area contributed by atoms with Gasteiger partial charge in [0.2, 0.25) is 5.91 Å². The molecular weight excluding hydrogens is 494 g/mol. The number of amides is 1. The number of hydrogen-bond acceptors (Lipinski definition) is 3. The van der Waals surface area contributed by atoms with Crippen molar-refractivity contribution < 1.29 is 4.79 Å². The largest absolute Gasteiger partial charge is 0.354 e. The van der Waals surface area contributed by atoms with Crippen molar-refractivity contribution in [3.8, 4) is 0 Å². The van der Waals surface area contributed by atoms with Crippen LogP contribution in [-0.2, 0) is 4.79 Å². The molecule has 1 saturated carbocycles. The fourth-order valence-corrected chi connectivity index (χ4v) is 5.65. The molecule has 1 aromatic carbocycles. The van der Waals surface area contributed by atoms with E-state index >= 15 is 0 Å². The van der Waals surface area contributed by atoms with Gasteiger partial charge in [0.05, 0.1) is 6.54 Å². The van der Waals surface area contributed by atoms with E-state index in [0.29, 0.717) is 24.4 Å². The average Bonchev–Trinajstić information content (AvgIpc) is 3.32. The molecule has 2 N–H and O–H groups in total. The van der Waals surface area contributed by atoms with E-state index in [1.807, 2.05) is 20.8 Å². The first-order valence-electron chi connectivity index (χ1n) is 15.3. The van der Waals surface area contributed by atoms with Crippen LogP contribution in [0.4, 0.5) is 0 Å². The number of hydrogen-bond donors (Lipinski definition) is 2. The minimum atomic E-state index is 0.194. The Hall–Kier alpha value is -2.99. The number of aromatic nitrogens is 1. The van der Waals surface area contributed by atoms with Crippen LogP contribution in [0.15, 0.2) is 45.9 Å². The van der Waals surface area contributed by atoms with Gasteiger partial charge in [-0.05, 0) is 118 Å². The third kappa shape index (κ3) is 7.81. The molecule has 218 valence electrons. The predicted octanol–water partition coefficient (Wildman–Crippen LogP) is 7.63. The van der Waals surface area contributed by atoms with E-state index in [-0.39, 0.29) is 5.91 Å². The number of aliphatic imine (C=N–C) groups is 2. The maximum atomic E-state index is 12.4. The highest BCUT2D eigenvalue weighted by atomic mass is 16.2. The summed E-state index contributed by atoms with van der Waals surface area (Å²) in [6.45, 7) is 17.3. The molecule has 1 saturated heterocycles. The zero-order valence-electron chi connectivity index (χ0n) is 26.1. The van der Waals surface area contributed by atoms with Crippen molar-refractivity contribution in [1.82, 2.24) is 15.2 Å². The summed E-state index contributed by atoms with van der Waals surface area (Å²) in [7, 11) is 1.74. The van der Waals surface area contributed by atoms with Crippen LogP contribution in [0.1, 0.15) is 109 Å². The third-order valence-electron chi connectivity index (χ3n) is 8.25. The van der Waals surface area contributed by atoms with Gasteiger partial charge in [0.25, 0.3) is 0 Å². The number of carbonyl (C=O) groups excluding carboxylic acids is 1. The van der Waals surface area contributed by atoms with Crippen molar-refractivity contribution in [3.05, 3.63) is 52.7 Å². The van der Waals surface area contributed by atoms with Crippen LogP contribution < -0.4 is 5.32 Å². The van der Waals surface area contributed by atoms with Gasteiger partial charge in [-0.1, -0.05) is 39.8 Å². The van der Waals surface area contributed by atoms with Gasteiger partial charge in [-0.25, -0.2) is 4.99 Å². The first-order valence-corrected chi connectivity index (χ1v) is 15.3. The maximum absolute atomic E-state index is 12.4. The SMILES string of the molecule is C/C=C(\C=C(\C)C(C)=NC=NC)c1[nH]c2ccc(C3CCN(CC(=O)NC4CCC4)CC3)cc2c1C(C)C.CC. The van der Waals surface area contributed by atoms with E-state index in [2.05, 4.69) is 83.2 Å². The number of nitrogens with zero attached hydrogens (tertiary/aromatic N) is 3. The molecule has 2 fully saturated rings. The molecule has 2 aromatic rings. The minimum Gasteiger partial charge on any atom is -0.354 e. The Morgan fingerprint density at radius 2 is 1.85 bits per heavy atom. The fourth-order valence-electron chi connectivity index (χ4n) is 5.65. The van der Waals surface area contributed by atoms with Crippen molar-refractivity contribution >= 4 is 34.4 Å². The quantitative estimate of drug-likeness (QED) is 0.193. The molecule has 1 aliphatic heterocycles. The number of fused-ring (bicyclic) bond motifs is 1. The lowest BCUT2D eigenvalue weighted by molar-refractivity contribution is -0.123. The van der Waals surface area contributed by atoms with Crippen LogP contribution in [0.3, 0.4) is 0 Å². The lowest BCUT2D eigenvalue weighted by Crippen LogP contribution is -2.46. The highest BCUT2D eigenvalue weighted by Gasteiger charge is 2.25. The Morgan fingerprint density at radius 3 is 2.42 bits per heavy atom. The minimum absolute atomic E-state index is 0.194. The third-order valence-corrected chi connectivity index (χ3v) is 8.25. The smallest absolute Gasteiger partial charge is 0.234 e. The number of piperidine rings is 1. The molecular formula is C34H51N5O. The summed E-state index contributed by atoms with van der Waals surface area (Å²) in [4.78, 5) is 26.8. The van der Waals surface area contributed by atoms with Crippen molar-refractivity contribution in [2.75, 3.05) is 26.7 Å². The standard InChI is InChI=1S/C32H45N5O.C2H6/c1-7-24(17-22(4)23(5)34-20-33-6)32-31(21(2)3)28-18-26(11-12-29(28)36-32)25-13-15-37(16-14-25)19-30(38)35-27-9-8-10-27;1-2/h7,11-12,17-18,20-21,25,27,36H,8-10,13-16,19H2,1-6H3,(H,35,38);1-2H3/b22-17-,24-7+,33-20?,34-23?;. The lowest BCUT2D eigenvalue weighted by atomic mass is 9.87.